The van der Waals surface area contributed by atoms with Crippen molar-refractivity contribution in [2.45, 2.75) is 52.4 Å². The third-order valence-electron chi connectivity index (χ3n) is 6.33. The van der Waals surface area contributed by atoms with Gasteiger partial charge in [-0.3, -0.25) is 0 Å². The predicted molar refractivity (Wildman–Crippen MR) is 114 cm³/mol. The van der Waals surface area contributed by atoms with Crippen molar-refractivity contribution in [3.05, 3.63) is 76.5 Å². The molecule has 0 radical (unpaired) electrons. The highest BCUT2D eigenvalue weighted by molar-refractivity contribution is 5.75. The maximum Gasteiger partial charge on any atom is 0.216 e. The van der Waals surface area contributed by atoms with Gasteiger partial charge in [0.25, 0.3) is 0 Å². The van der Waals surface area contributed by atoms with Crippen molar-refractivity contribution >= 4 is 0 Å². The Balaban J connectivity index is 1.83. The quantitative estimate of drug-likeness (QED) is 0.436. The summed E-state index contributed by atoms with van der Waals surface area (Å²) in [7, 11) is 1.89. The van der Waals surface area contributed by atoms with Crippen LogP contribution in [0, 0.1) is 32.4 Å². The molecule has 1 heterocycles. The lowest BCUT2D eigenvalue weighted by Crippen LogP contribution is -2.31. The molecule has 4 rings (SSSR count). The fourth-order valence-electron chi connectivity index (χ4n) is 4.95. The average molecular weight is 393 g/mol. The van der Waals surface area contributed by atoms with Gasteiger partial charge in [0.15, 0.2) is 6.20 Å². The Kier molecular flexibility index (Phi) is 5.24. The molecule has 1 saturated carbocycles. The Hall–Kier alpha value is -2.55. The molecule has 2 aromatic carbocycles. The molecule has 1 aliphatic rings. The Bertz CT molecular complexity index is 1030. The SMILES string of the molecule is Cc1cc(C2CCCC2)cc(C)c1-c1cc[n+](C)c(-c2c(C)cc(F)cc2F)c1. The lowest BCUT2D eigenvalue weighted by atomic mass is 9.88. The van der Waals surface area contributed by atoms with Gasteiger partial charge in [0.1, 0.15) is 18.7 Å². The molecule has 0 atom stereocenters. The average Bonchev–Trinajstić information content (AvgIpc) is 3.17. The molecular formula is C26H28F2N+. The number of aromatic nitrogens is 1. The van der Waals surface area contributed by atoms with Crippen LogP contribution in [0.5, 0.6) is 0 Å². The van der Waals surface area contributed by atoms with Gasteiger partial charge in [-0.1, -0.05) is 25.0 Å². The largest absolute Gasteiger partial charge is 0.216 e. The molecule has 3 heteroatoms. The van der Waals surface area contributed by atoms with Gasteiger partial charge in [-0.2, -0.15) is 0 Å². The second kappa shape index (κ2) is 7.70. The minimum Gasteiger partial charge on any atom is -0.207 e. The minimum absolute atomic E-state index is 0.452. The fraction of sp³-hybridized carbons (Fsp3) is 0.346. The summed E-state index contributed by atoms with van der Waals surface area (Å²) in [6.07, 6.45) is 7.17. The predicted octanol–water partition coefficient (Wildman–Crippen LogP) is 6.71. The molecular weight excluding hydrogens is 364 g/mol. The number of aryl methyl sites for hydroxylation is 4. The smallest absolute Gasteiger partial charge is 0.207 e. The molecule has 150 valence electrons. The zero-order valence-electron chi connectivity index (χ0n) is 17.7. The zero-order chi connectivity index (χ0) is 20.7. The Morgan fingerprint density at radius 3 is 2.07 bits per heavy atom. The first-order valence-electron chi connectivity index (χ1n) is 10.4. The number of nitrogens with zero attached hydrogens (tertiary/aromatic N) is 1. The molecule has 0 spiro atoms. The van der Waals surface area contributed by atoms with Gasteiger partial charge in [-0.15, -0.1) is 0 Å². The minimum atomic E-state index is -0.545. The van der Waals surface area contributed by atoms with Crippen LogP contribution in [0.3, 0.4) is 0 Å². The molecule has 0 unspecified atom stereocenters. The van der Waals surface area contributed by atoms with Crippen LogP contribution >= 0.6 is 0 Å². The summed E-state index contributed by atoms with van der Waals surface area (Å²) in [6.45, 7) is 6.08. The first-order valence-corrected chi connectivity index (χ1v) is 10.4. The van der Waals surface area contributed by atoms with Crippen molar-refractivity contribution in [2.75, 3.05) is 0 Å². The third-order valence-corrected chi connectivity index (χ3v) is 6.33. The molecule has 1 nitrogen and oxygen atoms in total. The van der Waals surface area contributed by atoms with E-state index in [0.29, 0.717) is 17.0 Å². The van der Waals surface area contributed by atoms with Gasteiger partial charge >= 0.3 is 0 Å². The number of hydrogen-bond donors (Lipinski definition) is 0. The topological polar surface area (TPSA) is 3.88 Å². The normalized spacial score (nSPS) is 14.6. The van der Waals surface area contributed by atoms with Gasteiger partial charge in [-0.25, -0.2) is 13.3 Å². The van der Waals surface area contributed by atoms with Crippen molar-refractivity contribution in [3.8, 4) is 22.4 Å². The van der Waals surface area contributed by atoms with Crippen molar-refractivity contribution in [3.63, 3.8) is 0 Å². The standard InChI is InChI=1S/C26H28F2N/c1-16-11-21(19-7-5-6-8-19)12-17(2)25(16)20-9-10-29(4)24(14-20)26-18(3)13-22(27)15-23(26)28/h9-15,19H,5-8H2,1-4H3/q+1. The van der Waals surface area contributed by atoms with Crippen LogP contribution in [-0.2, 0) is 7.05 Å². The van der Waals surface area contributed by atoms with E-state index in [1.54, 1.807) is 6.92 Å². The van der Waals surface area contributed by atoms with Gasteiger partial charge in [0.05, 0.1) is 5.56 Å². The second-order valence-corrected chi connectivity index (χ2v) is 8.50. The lowest BCUT2D eigenvalue weighted by Gasteiger charge is -2.17. The van der Waals surface area contributed by atoms with Crippen LogP contribution in [0.25, 0.3) is 22.4 Å². The van der Waals surface area contributed by atoms with Crippen LogP contribution in [0.1, 0.15) is 53.9 Å². The van der Waals surface area contributed by atoms with Crippen molar-refractivity contribution < 1.29 is 13.3 Å². The van der Waals surface area contributed by atoms with Crippen LogP contribution < -0.4 is 4.57 Å². The Morgan fingerprint density at radius 1 is 0.828 bits per heavy atom. The van der Waals surface area contributed by atoms with E-state index < -0.39 is 11.6 Å². The Morgan fingerprint density at radius 2 is 1.45 bits per heavy atom. The van der Waals surface area contributed by atoms with Crippen LogP contribution in [-0.4, -0.2) is 0 Å². The number of hydrogen-bond acceptors (Lipinski definition) is 0. The van der Waals surface area contributed by atoms with Crippen molar-refractivity contribution in [2.24, 2.45) is 7.05 Å². The molecule has 0 bridgehead atoms. The van der Waals surface area contributed by atoms with E-state index in [1.807, 2.05) is 23.9 Å². The summed E-state index contributed by atoms with van der Waals surface area (Å²) in [5, 5.41) is 0. The van der Waals surface area contributed by atoms with E-state index >= 15 is 0 Å². The number of halogens is 2. The molecule has 0 saturated heterocycles. The van der Waals surface area contributed by atoms with E-state index in [-0.39, 0.29) is 0 Å². The summed E-state index contributed by atoms with van der Waals surface area (Å²) >= 11 is 0. The number of benzene rings is 2. The highest BCUT2D eigenvalue weighted by atomic mass is 19.1. The first-order chi connectivity index (χ1) is 13.8. The van der Waals surface area contributed by atoms with E-state index in [1.165, 1.54) is 54.0 Å². The maximum atomic E-state index is 14.6. The molecule has 3 aromatic rings. The van der Waals surface area contributed by atoms with Gasteiger partial charge in [0.2, 0.25) is 5.69 Å². The summed E-state index contributed by atoms with van der Waals surface area (Å²) in [6, 6.07) is 11.1. The molecule has 29 heavy (non-hydrogen) atoms. The molecule has 0 amide bonds. The molecule has 1 fully saturated rings. The molecule has 1 aromatic heterocycles. The van der Waals surface area contributed by atoms with E-state index in [0.717, 1.165) is 17.3 Å². The van der Waals surface area contributed by atoms with Crippen LogP contribution in [0.15, 0.2) is 42.6 Å². The van der Waals surface area contributed by atoms with Crippen LogP contribution in [0.2, 0.25) is 0 Å². The van der Waals surface area contributed by atoms with E-state index in [9.17, 15) is 8.78 Å². The fourth-order valence-corrected chi connectivity index (χ4v) is 4.95. The zero-order valence-corrected chi connectivity index (χ0v) is 17.7. The lowest BCUT2D eigenvalue weighted by molar-refractivity contribution is -0.660. The molecule has 1 aliphatic carbocycles. The maximum absolute atomic E-state index is 14.6. The second-order valence-electron chi connectivity index (χ2n) is 8.50. The Labute approximate surface area is 172 Å². The van der Waals surface area contributed by atoms with Gasteiger partial charge in [-0.05, 0) is 79.0 Å². The van der Waals surface area contributed by atoms with Crippen LogP contribution in [0.4, 0.5) is 8.78 Å². The highest BCUT2D eigenvalue weighted by Crippen LogP contribution is 2.38. The summed E-state index contributed by atoms with van der Waals surface area (Å²) in [5.41, 5.74) is 8.02. The monoisotopic (exact) mass is 392 g/mol. The van der Waals surface area contributed by atoms with Crippen molar-refractivity contribution in [1.82, 2.24) is 0 Å². The van der Waals surface area contributed by atoms with E-state index in [2.05, 4.69) is 32.0 Å². The molecule has 0 aliphatic heterocycles. The summed E-state index contributed by atoms with van der Waals surface area (Å²) in [4.78, 5) is 0. The number of pyridine rings is 1. The summed E-state index contributed by atoms with van der Waals surface area (Å²) in [5.74, 6) is -0.390. The third kappa shape index (κ3) is 3.71. The van der Waals surface area contributed by atoms with Gasteiger partial charge < -0.3 is 0 Å². The van der Waals surface area contributed by atoms with Gasteiger partial charge in [0, 0.05) is 18.2 Å². The highest BCUT2D eigenvalue weighted by Gasteiger charge is 2.22. The van der Waals surface area contributed by atoms with Crippen molar-refractivity contribution in [1.29, 1.82) is 0 Å². The first kappa shape index (κ1) is 19.8. The van der Waals surface area contributed by atoms with E-state index in [4.69, 9.17) is 0 Å². The summed E-state index contributed by atoms with van der Waals surface area (Å²) < 4.78 is 30.1. The molecule has 0 N–H and O–H groups in total. The number of rotatable bonds is 3.